The van der Waals surface area contributed by atoms with E-state index >= 15 is 0 Å². The Morgan fingerprint density at radius 2 is 1.95 bits per heavy atom. The fraction of sp³-hybridized carbons (Fsp3) is 0.353. The molecule has 2 aromatic rings. The van der Waals surface area contributed by atoms with Crippen molar-refractivity contribution < 1.29 is 9.21 Å². The molecular weight excluding hydrogens is 264 g/mol. The lowest BCUT2D eigenvalue weighted by molar-refractivity contribution is 0.0650. The second-order valence-corrected chi connectivity index (χ2v) is 5.54. The van der Waals surface area contributed by atoms with E-state index in [1.54, 1.807) is 18.4 Å². The van der Waals surface area contributed by atoms with Crippen LogP contribution in [-0.4, -0.2) is 16.8 Å². The molecule has 110 valence electrons. The van der Waals surface area contributed by atoms with Crippen LogP contribution in [0.25, 0.3) is 0 Å². The van der Waals surface area contributed by atoms with Crippen LogP contribution >= 0.6 is 0 Å². The first-order chi connectivity index (χ1) is 10.3. The van der Waals surface area contributed by atoms with Gasteiger partial charge in [0.1, 0.15) is 5.76 Å². The first kappa shape index (κ1) is 13.7. The number of hydrogen-bond donors (Lipinski definition) is 1. The van der Waals surface area contributed by atoms with E-state index in [0.29, 0.717) is 17.8 Å². The summed E-state index contributed by atoms with van der Waals surface area (Å²) in [7, 11) is 0. The van der Waals surface area contributed by atoms with Crippen LogP contribution in [0.1, 0.15) is 41.8 Å². The van der Waals surface area contributed by atoms with Crippen LogP contribution in [0.3, 0.4) is 0 Å². The summed E-state index contributed by atoms with van der Waals surface area (Å²) in [6.07, 6.45) is 6.11. The van der Waals surface area contributed by atoms with E-state index < -0.39 is 0 Å². The maximum absolute atomic E-state index is 12.9. The number of hydrogen-bond acceptors (Lipinski definition) is 3. The highest BCUT2D eigenvalue weighted by atomic mass is 16.3. The van der Waals surface area contributed by atoms with Gasteiger partial charge < -0.3 is 15.1 Å². The molecular formula is C17H20N2O2. The summed E-state index contributed by atoms with van der Waals surface area (Å²) in [4.78, 5) is 14.8. The summed E-state index contributed by atoms with van der Waals surface area (Å²) in [5.41, 5.74) is 7.07. The minimum absolute atomic E-state index is 0.00333. The number of amides is 1. The van der Waals surface area contributed by atoms with E-state index in [1.165, 1.54) is 12.8 Å². The lowest BCUT2D eigenvalue weighted by Crippen LogP contribution is -2.38. The van der Waals surface area contributed by atoms with Crippen LogP contribution in [0, 0.1) is 0 Å². The highest BCUT2D eigenvalue weighted by Gasteiger charge is 2.28. The quantitative estimate of drug-likeness (QED) is 0.875. The van der Waals surface area contributed by atoms with Crippen molar-refractivity contribution in [2.45, 2.75) is 38.3 Å². The maximum Gasteiger partial charge on any atom is 0.256 e. The van der Waals surface area contributed by atoms with E-state index in [1.807, 2.05) is 29.2 Å². The van der Waals surface area contributed by atoms with Crippen molar-refractivity contribution in [2.75, 3.05) is 5.73 Å². The Morgan fingerprint density at radius 3 is 2.62 bits per heavy atom. The van der Waals surface area contributed by atoms with Crippen LogP contribution in [-0.2, 0) is 6.54 Å². The zero-order valence-electron chi connectivity index (χ0n) is 12.0. The first-order valence-corrected chi connectivity index (χ1v) is 7.43. The molecule has 1 heterocycles. The van der Waals surface area contributed by atoms with Crippen LogP contribution in [0.15, 0.2) is 47.1 Å². The SMILES string of the molecule is Nc1ccccc1C(=O)N(Cc1ccco1)C1CCCC1. The van der Waals surface area contributed by atoms with Gasteiger partial charge in [-0.2, -0.15) is 0 Å². The molecule has 3 rings (SSSR count). The van der Waals surface area contributed by atoms with Gasteiger partial charge in [-0.25, -0.2) is 0 Å². The Balaban J connectivity index is 1.87. The minimum Gasteiger partial charge on any atom is -0.467 e. The zero-order valence-corrected chi connectivity index (χ0v) is 12.0. The van der Waals surface area contributed by atoms with Gasteiger partial charge in [-0.05, 0) is 37.1 Å². The summed E-state index contributed by atoms with van der Waals surface area (Å²) < 4.78 is 5.41. The van der Waals surface area contributed by atoms with Crippen LogP contribution in [0.5, 0.6) is 0 Å². The molecule has 0 saturated heterocycles. The molecule has 0 unspecified atom stereocenters. The Labute approximate surface area is 124 Å². The van der Waals surface area contributed by atoms with E-state index in [0.717, 1.165) is 18.6 Å². The normalized spacial score (nSPS) is 15.2. The fourth-order valence-corrected chi connectivity index (χ4v) is 3.00. The number of carbonyl (C=O) groups excluding carboxylic acids is 1. The number of anilines is 1. The van der Waals surface area contributed by atoms with Crippen molar-refractivity contribution in [3.05, 3.63) is 54.0 Å². The van der Waals surface area contributed by atoms with Gasteiger partial charge in [0.2, 0.25) is 0 Å². The number of nitrogen functional groups attached to an aromatic ring is 1. The van der Waals surface area contributed by atoms with Gasteiger partial charge >= 0.3 is 0 Å². The average Bonchev–Trinajstić information content (AvgIpc) is 3.18. The highest BCUT2D eigenvalue weighted by Crippen LogP contribution is 2.27. The molecule has 21 heavy (non-hydrogen) atoms. The lowest BCUT2D eigenvalue weighted by Gasteiger charge is -2.28. The molecule has 1 aliphatic rings. The summed E-state index contributed by atoms with van der Waals surface area (Å²) in [6.45, 7) is 0.505. The monoisotopic (exact) mass is 284 g/mol. The average molecular weight is 284 g/mol. The van der Waals surface area contributed by atoms with E-state index in [2.05, 4.69) is 0 Å². The van der Waals surface area contributed by atoms with Crippen molar-refractivity contribution >= 4 is 11.6 Å². The van der Waals surface area contributed by atoms with Gasteiger partial charge in [-0.3, -0.25) is 4.79 Å². The second kappa shape index (κ2) is 6.04. The number of furan rings is 1. The molecule has 1 saturated carbocycles. The van der Waals surface area contributed by atoms with Crippen molar-refractivity contribution in [2.24, 2.45) is 0 Å². The number of para-hydroxylation sites is 1. The third-order valence-corrected chi connectivity index (χ3v) is 4.12. The van der Waals surface area contributed by atoms with Gasteiger partial charge in [0.25, 0.3) is 5.91 Å². The maximum atomic E-state index is 12.9. The Bertz CT molecular complexity index is 601. The van der Waals surface area contributed by atoms with Gasteiger partial charge in [0.05, 0.1) is 18.4 Å². The molecule has 1 aromatic carbocycles. The largest absolute Gasteiger partial charge is 0.467 e. The minimum atomic E-state index is -0.00333. The van der Waals surface area contributed by atoms with Crippen LogP contribution in [0.4, 0.5) is 5.69 Å². The van der Waals surface area contributed by atoms with Crippen molar-refractivity contribution in [1.29, 1.82) is 0 Å². The number of nitrogens with zero attached hydrogens (tertiary/aromatic N) is 1. The van der Waals surface area contributed by atoms with Crippen molar-refractivity contribution in [1.82, 2.24) is 4.90 Å². The standard InChI is InChI=1S/C17H20N2O2/c18-16-10-4-3-9-15(16)17(20)19(13-6-1-2-7-13)12-14-8-5-11-21-14/h3-5,8-11,13H,1-2,6-7,12,18H2. The van der Waals surface area contributed by atoms with Crippen LogP contribution in [0.2, 0.25) is 0 Å². The molecule has 0 spiro atoms. The topological polar surface area (TPSA) is 59.5 Å². The Kier molecular flexibility index (Phi) is 3.95. The smallest absolute Gasteiger partial charge is 0.256 e. The third kappa shape index (κ3) is 2.94. The molecule has 1 amide bonds. The van der Waals surface area contributed by atoms with Crippen molar-refractivity contribution in [3.8, 4) is 0 Å². The molecule has 1 aromatic heterocycles. The highest BCUT2D eigenvalue weighted by molar-refractivity contribution is 5.99. The molecule has 0 bridgehead atoms. The van der Waals surface area contributed by atoms with E-state index in [9.17, 15) is 4.79 Å². The van der Waals surface area contributed by atoms with Crippen LogP contribution < -0.4 is 5.73 Å². The summed E-state index contributed by atoms with van der Waals surface area (Å²) in [5.74, 6) is 0.807. The zero-order chi connectivity index (χ0) is 14.7. The predicted octanol–water partition coefficient (Wildman–Crippen LogP) is 3.45. The summed E-state index contributed by atoms with van der Waals surface area (Å²) >= 11 is 0. The van der Waals surface area contributed by atoms with Gasteiger partial charge in [-0.1, -0.05) is 25.0 Å². The molecule has 1 aliphatic carbocycles. The lowest BCUT2D eigenvalue weighted by atomic mass is 10.1. The summed E-state index contributed by atoms with van der Waals surface area (Å²) in [5, 5.41) is 0. The Hall–Kier alpha value is -2.23. The van der Waals surface area contributed by atoms with Gasteiger partial charge in [0, 0.05) is 11.7 Å². The fourth-order valence-electron chi connectivity index (χ4n) is 3.00. The molecule has 0 atom stereocenters. The molecule has 0 radical (unpaired) electrons. The van der Waals surface area contributed by atoms with Gasteiger partial charge in [0.15, 0.2) is 0 Å². The second-order valence-electron chi connectivity index (χ2n) is 5.54. The Morgan fingerprint density at radius 1 is 1.19 bits per heavy atom. The third-order valence-electron chi connectivity index (χ3n) is 4.12. The van der Waals surface area contributed by atoms with E-state index in [-0.39, 0.29) is 11.9 Å². The number of nitrogens with two attached hydrogens (primary N) is 1. The van der Waals surface area contributed by atoms with E-state index in [4.69, 9.17) is 10.2 Å². The molecule has 4 heteroatoms. The van der Waals surface area contributed by atoms with Gasteiger partial charge in [-0.15, -0.1) is 0 Å². The number of benzene rings is 1. The molecule has 2 N–H and O–H groups in total. The molecule has 4 nitrogen and oxygen atoms in total. The number of carbonyl (C=O) groups is 1. The molecule has 0 aliphatic heterocycles. The predicted molar refractivity (Wildman–Crippen MR) is 81.7 cm³/mol. The van der Waals surface area contributed by atoms with Crippen molar-refractivity contribution in [3.63, 3.8) is 0 Å². The first-order valence-electron chi connectivity index (χ1n) is 7.43. The number of rotatable bonds is 4. The summed E-state index contributed by atoms with van der Waals surface area (Å²) in [6, 6.07) is 11.3. The molecule has 1 fully saturated rings.